The summed E-state index contributed by atoms with van der Waals surface area (Å²) in [5.74, 6) is -1.91. The van der Waals surface area contributed by atoms with E-state index in [-0.39, 0.29) is 5.91 Å². The van der Waals surface area contributed by atoms with Crippen LogP contribution in [0.4, 0.5) is 8.78 Å². The number of carbonyl (C=O) groups excluding carboxylic acids is 1. The highest BCUT2D eigenvalue weighted by Crippen LogP contribution is 2.29. The molecule has 0 saturated heterocycles. The third-order valence-corrected chi connectivity index (χ3v) is 4.60. The first-order chi connectivity index (χ1) is 12.0. The van der Waals surface area contributed by atoms with Crippen LogP contribution in [0.5, 0.6) is 0 Å². The number of likely N-dealkylation sites (N-methyl/N-ethyl adjacent to an activating group) is 2. The summed E-state index contributed by atoms with van der Waals surface area (Å²) in [5, 5.41) is 0. The summed E-state index contributed by atoms with van der Waals surface area (Å²) in [6.07, 6.45) is 5.50. The van der Waals surface area contributed by atoms with Crippen molar-refractivity contribution in [2.75, 3.05) is 20.6 Å². The summed E-state index contributed by atoms with van der Waals surface area (Å²) in [7, 11) is 3.61. The number of hydrogen-bond donors (Lipinski definition) is 0. The Kier molecular flexibility index (Phi) is 5.08. The van der Waals surface area contributed by atoms with E-state index in [0.717, 1.165) is 30.5 Å². The van der Waals surface area contributed by atoms with Crippen LogP contribution in [-0.4, -0.2) is 47.4 Å². The fourth-order valence-corrected chi connectivity index (χ4v) is 2.97. The lowest BCUT2D eigenvalue weighted by Gasteiger charge is -2.30. The number of amides is 1. The van der Waals surface area contributed by atoms with Gasteiger partial charge in [-0.3, -0.25) is 14.7 Å². The van der Waals surface area contributed by atoms with Crippen LogP contribution in [0.15, 0.2) is 42.7 Å². The van der Waals surface area contributed by atoms with E-state index in [0.29, 0.717) is 18.2 Å². The molecular weight excluding hydrogens is 324 g/mol. The lowest BCUT2D eigenvalue weighted by molar-refractivity contribution is -0.132. The van der Waals surface area contributed by atoms with Gasteiger partial charge in [-0.2, -0.15) is 0 Å². The quantitative estimate of drug-likeness (QED) is 0.808. The van der Waals surface area contributed by atoms with Crippen molar-refractivity contribution < 1.29 is 13.6 Å². The minimum Gasteiger partial charge on any atom is -0.333 e. The van der Waals surface area contributed by atoms with E-state index in [1.54, 1.807) is 30.4 Å². The monoisotopic (exact) mass is 345 g/mol. The number of carbonyl (C=O) groups is 1. The number of halogens is 2. The molecule has 2 aromatic rings. The number of pyridine rings is 1. The third-order valence-electron chi connectivity index (χ3n) is 4.60. The SMILES string of the molecule is CN(CC(=O)N(C)[C@@H](c1cccnc1)c1ccc(F)c(F)c1)C1CC1. The summed E-state index contributed by atoms with van der Waals surface area (Å²) in [4.78, 5) is 20.4. The molecule has 1 heterocycles. The van der Waals surface area contributed by atoms with E-state index >= 15 is 0 Å². The van der Waals surface area contributed by atoms with Crippen molar-refractivity contribution in [1.82, 2.24) is 14.8 Å². The van der Waals surface area contributed by atoms with Crippen LogP contribution < -0.4 is 0 Å². The van der Waals surface area contributed by atoms with Crippen molar-refractivity contribution >= 4 is 5.91 Å². The van der Waals surface area contributed by atoms with Gasteiger partial charge < -0.3 is 4.90 Å². The molecule has 0 unspecified atom stereocenters. The van der Waals surface area contributed by atoms with E-state index in [9.17, 15) is 13.6 Å². The van der Waals surface area contributed by atoms with Gasteiger partial charge in [-0.05, 0) is 49.2 Å². The molecule has 3 rings (SSSR count). The van der Waals surface area contributed by atoms with Gasteiger partial charge in [0.25, 0.3) is 0 Å². The van der Waals surface area contributed by atoms with Crippen LogP contribution in [0.3, 0.4) is 0 Å². The Morgan fingerprint density at radius 2 is 1.96 bits per heavy atom. The fourth-order valence-electron chi connectivity index (χ4n) is 2.97. The van der Waals surface area contributed by atoms with Crippen molar-refractivity contribution in [2.24, 2.45) is 0 Å². The van der Waals surface area contributed by atoms with Crippen LogP contribution in [0, 0.1) is 11.6 Å². The van der Waals surface area contributed by atoms with Gasteiger partial charge in [-0.25, -0.2) is 8.78 Å². The van der Waals surface area contributed by atoms with Crippen LogP contribution in [0.25, 0.3) is 0 Å². The highest BCUT2D eigenvalue weighted by atomic mass is 19.2. The molecule has 6 heteroatoms. The molecule has 0 radical (unpaired) electrons. The minimum absolute atomic E-state index is 0.0759. The number of hydrogen-bond acceptors (Lipinski definition) is 3. The Labute approximate surface area is 146 Å². The summed E-state index contributed by atoms with van der Waals surface area (Å²) in [6.45, 7) is 0.293. The Morgan fingerprint density at radius 1 is 1.20 bits per heavy atom. The molecule has 0 N–H and O–H groups in total. The standard InChI is InChI=1S/C19H21F2N3O/c1-23(15-6-7-15)12-18(25)24(2)19(14-4-3-9-22-11-14)13-5-8-16(20)17(21)10-13/h3-5,8-11,15,19H,6-7,12H2,1-2H3/t19-/m1/s1. The van der Waals surface area contributed by atoms with Gasteiger partial charge in [0.05, 0.1) is 12.6 Å². The predicted octanol–water partition coefficient (Wildman–Crippen LogP) is 3.00. The lowest BCUT2D eigenvalue weighted by Crippen LogP contribution is -2.40. The Hall–Kier alpha value is -2.34. The number of aromatic nitrogens is 1. The molecule has 1 aliphatic carbocycles. The zero-order valence-corrected chi connectivity index (χ0v) is 14.3. The number of nitrogens with zero attached hydrogens (tertiary/aromatic N) is 3. The first-order valence-corrected chi connectivity index (χ1v) is 8.28. The molecule has 0 spiro atoms. The fraction of sp³-hybridized carbons (Fsp3) is 0.368. The topological polar surface area (TPSA) is 36.4 Å². The first-order valence-electron chi connectivity index (χ1n) is 8.28. The second-order valence-corrected chi connectivity index (χ2v) is 6.51. The van der Waals surface area contributed by atoms with Gasteiger partial charge >= 0.3 is 0 Å². The van der Waals surface area contributed by atoms with Crippen molar-refractivity contribution in [1.29, 1.82) is 0 Å². The lowest BCUT2D eigenvalue weighted by atomic mass is 9.98. The van der Waals surface area contributed by atoms with Gasteiger partial charge in [-0.1, -0.05) is 12.1 Å². The second-order valence-electron chi connectivity index (χ2n) is 6.51. The van der Waals surface area contributed by atoms with Gasteiger partial charge in [0, 0.05) is 25.5 Å². The first kappa shape index (κ1) is 17.5. The van der Waals surface area contributed by atoms with E-state index in [4.69, 9.17) is 0 Å². The summed E-state index contributed by atoms with van der Waals surface area (Å²) in [6, 6.07) is 7.26. The molecule has 0 aliphatic heterocycles. The molecule has 1 fully saturated rings. The molecule has 0 bridgehead atoms. The van der Waals surface area contributed by atoms with Crippen molar-refractivity contribution in [3.63, 3.8) is 0 Å². The van der Waals surface area contributed by atoms with Crippen molar-refractivity contribution in [3.05, 3.63) is 65.5 Å². The molecule has 1 aromatic heterocycles. The predicted molar refractivity (Wildman–Crippen MR) is 90.9 cm³/mol. The largest absolute Gasteiger partial charge is 0.333 e. The van der Waals surface area contributed by atoms with Gasteiger partial charge in [-0.15, -0.1) is 0 Å². The molecule has 1 atom stereocenters. The average Bonchev–Trinajstić information content (AvgIpc) is 3.44. The van der Waals surface area contributed by atoms with Crippen LogP contribution >= 0.6 is 0 Å². The highest BCUT2D eigenvalue weighted by molar-refractivity contribution is 5.79. The smallest absolute Gasteiger partial charge is 0.237 e. The molecular formula is C19H21F2N3O. The van der Waals surface area contributed by atoms with E-state index in [2.05, 4.69) is 4.98 Å². The van der Waals surface area contributed by atoms with Crippen molar-refractivity contribution in [3.8, 4) is 0 Å². The van der Waals surface area contributed by atoms with Crippen LogP contribution in [0.1, 0.15) is 30.0 Å². The third kappa shape index (κ3) is 4.02. The maximum atomic E-state index is 13.7. The van der Waals surface area contributed by atoms with E-state index in [1.807, 2.05) is 18.0 Å². The normalized spacial score (nSPS) is 15.2. The minimum atomic E-state index is -0.928. The van der Waals surface area contributed by atoms with E-state index in [1.165, 1.54) is 6.07 Å². The van der Waals surface area contributed by atoms with Crippen LogP contribution in [-0.2, 0) is 4.79 Å². The Balaban J connectivity index is 1.90. The second kappa shape index (κ2) is 7.27. The number of rotatable bonds is 6. The maximum absolute atomic E-state index is 13.7. The molecule has 1 amide bonds. The Morgan fingerprint density at radius 3 is 2.56 bits per heavy atom. The van der Waals surface area contributed by atoms with Crippen molar-refractivity contribution in [2.45, 2.75) is 24.9 Å². The zero-order valence-electron chi connectivity index (χ0n) is 14.3. The molecule has 25 heavy (non-hydrogen) atoms. The highest BCUT2D eigenvalue weighted by Gasteiger charge is 2.30. The average molecular weight is 345 g/mol. The van der Waals surface area contributed by atoms with Gasteiger partial charge in [0.1, 0.15) is 0 Å². The molecule has 4 nitrogen and oxygen atoms in total. The molecule has 1 saturated carbocycles. The summed E-state index contributed by atoms with van der Waals surface area (Å²) in [5.41, 5.74) is 1.26. The van der Waals surface area contributed by atoms with Gasteiger partial charge in [0.15, 0.2) is 11.6 Å². The molecule has 1 aliphatic rings. The maximum Gasteiger partial charge on any atom is 0.237 e. The molecule has 1 aromatic carbocycles. The summed E-state index contributed by atoms with van der Waals surface area (Å²) >= 11 is 0. The van der Waals surface area contributed by atoms with Crippen LogP contribution in [0.2, 0.25) is 0 Å². The Bertz CT molecular complexity index is 750. The summed E-state index contributed by atoms with van der Waals surface area (Å²) < 4.78 is 27.1. The van der Waals surface area contributed by atoms with Gasteiger partial charge in [0.2, 0.25) is 5.91 Å². The zero-order chi connectivity index (χ0) is 18.0. The number of benzene rings is 1. The van der Waals surface area contributed by atoms with E-state index < -0.39 is 17.7 Å². The molecule has 132 valence electrons.